The Hall–Kier alpha value is -1.55. The van der Waals surface area contributed by atoms with Gasteiger partial charge in [-0.1, -0.05) is 42.5 Å². The minimum absolute atomic E-state index is 1.22. The molecule has 0 bridgehead atoms. The highest BCUT2D eigenvalue weighted by molar-refractivity contribution is 14.1. The van der Waals surface area contributed by atoms with Crippen LogP contribution in [0.5, 0.6) is 0 Å². The lowest BCUT2D eigenvalue weighted by atomic mass is 10.1. The van der Waals surface area contributed by atoms with Crippen molar-refractivity contribution in [1.82, 2.24) is 0 Å². The minimum atomic E-state index is 1.22. The molecule has 3 aromatic rings. The predicted molar refractivity (Wildman–Crippen MR) is 96.0 cm³/mol. The summed E-state index contributed by atoms with van der Waals surface area (Å²) in [6, 6.07) is 21.6. The molecule has 20 heavy (non-hydrogen) atoms. The van der Waals surface area contributed by atoms with Crippen LogP contribution in [0.3, 0.4) is 0 Å². The molecular formula is C18H16IN. The van der Waals surface area contributed by atoms with E-state index in [1.807, 2.05) is 0 Å². The molecule has 0 N–H and O–H groups in total. The third-order valence-electron chi connectivity index (χ3n) is 3.41. The molecule has 0 aliphatic carbocycles. The van der Waals surface area contributed by atoms with E-state index in [0.717, 1.165) is 0 Å². The maximum Gasteiger partial charge on any atom is 0.0646 e. The van der Waals surface area contributed by atoms with E-state index in [9.17, 15) is 0 Å². The summed E-state index contributed by atoms with van der Waals surface area (Å²) in [6.07, 6.45) is 0. The SMILES string of the molecule is Cc1cc(C)cc(N(I)c2cccc3ccccc23)c1. The first kappa shape index (κ1) is 13.4. The zero-order valence-corrected chi connectivity index (χ0v) is 13.8. The van der Waals surface area contributed by atoms with Crippen LogP contribution in [0, 0.1) is 13.8 Å². The molecule has 1 nitrogen and oxygen atoms in total. The van der Waals surface area contributed by atoms with Gasteiger partial charge in [0, 0.05) is 5.39 Å². The topological polar surface area (TPSA) is 3.24 Å². The van der Waals surface area contributed by atoms with E-state index in [0.29, 0.717) is 0 Å². The summed E-state index contributed by atoms with van der Waals surface area (Å²) in [5.74, 6) is 0. The van der Waals surface area contributed by atoms with Crippen LogP contribution < -0.4 is 3.11 Å². The lowest BCUT2D eigenvalue weighted by molar-refractivity contribution is 1.36. The fourth-order valence-corrected chi connectivity index (χ4v) is 3.28. The number of hydrogen-bond acceptors (Lipinski definition) is 1. The van der Waals surface area contributed by atoms with E-state index in [2.05, 4.69) is 100 Å². The Kier molecular flexibility index (Phi) is 3.66. The van der Waals surface area contributed by atoms with E-state index in [4.69, 9.17) is 0 Å². The van der Waals surface area contributed by atoms with Gasteiger partial charge in [-0.15, -0.1) is 0 Å². The van der Waals surface area contributed by atoms with Crippen LogP contribution in [0.4, 0.5) is 11.4 Å². The fraction of sp³-hybridized carbons (Fsp3) is 0.111. The van der Waals surface area contributed by atoms with Gasteiger partial charge in [-0.3, -0.25) is 3.11 Å². The molecule has 0 aromatic heterocycles. The average molecular weight is 373 g/mol. The van der Waals surface area contributed by atoms with Crippen LogP contribution in [-0.2, 0) is 0 Å². The quantitative estimate of drug-likeness (QED) is 0.397. The number of fused-ring (bicyclic) bond motifs is 1. The Morgan fingerprint density at radius 3 is 2.20 bits per heavy atom. The molecule has 0 heterocycles. The highest BCUT2D eigenvalue weighted by Gasteiger charge is 2.10. The fourth-order valence-electron chi connectivity index (χ4n) is 2.58. The highest BCUT2D eigenvalue weighted by atomic mass is 127. The van der Waals surface area contributed by atoms with Gasteiger partial charge in [-0.05, 0) is 48.6 Å². The molecule has 2 heteroatoms. The molecule has 0 radical (unpaired) electrons. The Labute approximate surface area is 133 Å². The maximum absolute atomic E-state index is 2.39. The number of benzene rings is 3. The first-order chi connectivity index (χ1) is 9.65. The summed E-state index contributed by atoms with van der Waals surface area (Å²) >= 11 is 2.39. The van der Waals surface area contributed by atoms with Crippen LogP contribution in [0.15, 0.2) is 60.7 Å². The second-order valence-corrected chi connectivity index (χ2v) is 6.09. The minimum Gasteiger partial charge on any atom is -0.282 e. The van der Waals surface area contributed by atoms with Gasteiger partial charge in [0.15, 0.2) is 0 Å². The van der Waals surface area contributed by atoms with Crippen molar-refractivity contribution in [3.63, 3.8) is 0 Å². The van der Waals surface area contributed by atoms with Crippen molar-refractivity contribution in [2.75, 3.05) is 3.11 Å². The van der Waals surface area contributed by atoms with Crippen molar-refractivity contribution < 1.29 is 0 Å². The molecule has 0 saturated heterocycles. The van der Waals surface area contributed by atoms with E-state index in [1.54, 1.807) is 0 Å². The monoisotopic (exact) mass is 373 g/mol. The third kappa shape index (κ3) is 2.52. The number of anilines is 2. The number of nitrogens with zero attached hydrogens (tertiary/aromatic N) is 1. The molecule has 3 rings (SSSR count). The van der Waals surface area contributed by atoms with Crippen LogP contribution in [0.1, 0.15) is 11.1 Å². The number of aryl methyl sites for hydroxylation is 2. The van der Waals surface area contributed by atoms with E-state index in [-0.39, 0.29) is 0 Å². The smallest absolute Gasteiger partial charge is 0.0646 e. The molecule has 0 spiro atoms. The molecule has 0 aliphatic rings. The Balaban J connectivity index is 2.15. The van der Waals surface area contributed by atoms with Crippen molar-refractivity contribution in [3.05, 3.63) is 71.8 Å². The Bertz CT molecular complexity index is 739. The zero-order valence-electron chi connectivity index (χ0n) is 11.6. The molecule has 0 saturated carbocycles. The van der Waals surface area contributed by atoms with Crippen molar-refractivity contribution in [1.29, 1.82) is 0 Å². The first-order valence-corrected chi connectivity index (χ1v) is 7.63. The van der Waals surface area contributed by atoms with Crippen LogP contribution in [0.2, 0.25) is 0 Å². The van der Waals surface area contributed by atoms with Crippen molar-refractivity contribution in [2.24, 2.45) is 0 Å². The number of hydrogen-bond donors (Lipinski definition) is 0. The number of halogens is 1. The van der Waals surface area contributed by atoms with Crippen molar-refractivity contribution in [3.8, 4) is 0 Å². The van der Waals surface area contributed by atoms with E-state index >= 15 is 0 Å². The lowest BCUT2D eigenvalue weighted by Gasteiger charge is -2.20. The molecule has 0 atom stereocenters. The summed E-state index contributed by atoms with van der Waals surface area (Å²) in [7, 11) is 0. The molecule has 0 amide bonds. The average Bonchev–Trinajstić information content (AvgIpc) is 2.45. The summed E-state index contributed by atoms with van der Waals surface area (Å²) in [6.45, 7) is 4.29. The van der Waals surface area contributed by atoms with E-state index < -0.39 is 0 Å². The summed E-state index contributed by atoms with van der Waals surface area (Å²) < 4.78 is 2.24. The molecule has 0 fully saturated rings. The standard InChI is InChI=1S/C18H16IN/c1-13-10-14(2)12-16(11-13)20(19)18-9-5-7-15-6-3-4-8-17(15)18/h3-12H,1-2H3. The van der Waals surface area contributed by atoms with Gasteiger partial charge in [0.25, 0.3) is 0 Å². The lowest BCUT2D eigenvalue weighted by Crippen LogP contribution is -2.02. The third-order valence-corrected chi connectivity index (χ3v) is 4.49. The Morgan fingerprint density at radius 1 is 0.800 bits per heavy atom. The van der Waals surface area contributed by atoms with Gasteiger partial charge >= 0.3 is 0 Å². The molecule has 0 unspecified atom stereocenters. The van der Waals surface area contributed by atoms with Gasteiger partial charge in [-0.2, -0.15) is 0 Å². The summed E-state index contributed by atoms with van der Waals surface area (Å²) in [5, 5.41) is 2.56. The maximum atomic E-state index is 2.39. The molecule has 0 aliphatic heterocycles. The van der Waals surface area contributed by atoms with Crippen LogP contribution >= 0.6 is 22.9 Å². The van der Waals surface area contributed by atoms with Crippen molar-refractivity contribution >= 4 is 45.0 Å². The summed E-state index contributed by atoms with van der Waals surface area (Å²) in [4.78, 5) is 0. The molecule has 100 valence electrons. The van der Waals surface area contributed by atoms with Crippen LogP contribution in [0.25, 0.3) is 10.8 Å². The van der Waals surface area contributed by atoms with Gasteiger partial charge < -0.3 is 0 Å². The second-order valence-electron chi connectivity index (χ2n) is 5.13. The highest BCUT2D eigenvalue weighted by Crippen LogP contribution is 2.35. The largest absolute Gasteiger partial charge is 0.282 e. The van der Waals surface area contributed by atoms with Gasteiger partial charge in [-0.25, -0.2) is 0 Å². The Morgan fingerprint density at radius 2 is 1.45 bits per heavy atom. The number of rotatable bonds is 2. The normalized spacial score (nSPS) is 10.8. The second kappa shape index (κ2) is 5.44. The summed E-state index contributed by atoms with van der Waals surface area (Å²) in [5.41, 5.74) is 5.04. The van der Waals surface area contributed by atoms with E-state index in [1.165, 1.54) is 33.3 Å². The van der Waals surface area contributed by atoms with Crippen molar-refractivity contribution in [2.45, 2.75) is 13.8 Å². The van der Waals surface area contributed by atoms with Crippen LogP contribution in [-0.4, -0.2) is 0 Å². The first-order valence-electron chi connectivity index (χ1n) is 6.67. The predicted octanol–water partition coefficient (Wildman–Crippen LogP) is 5.94. The van der Waals surface area contributed by atoms with Gasteiger partial charge in [0.05, 0.1) is 34.2 Å². The van der Waals surface area contributed by atoms with Gasteiger partial charge in [0.2, 0.25) is 0 Å². The van der Waals surface area contributed by atoms with Gasteiger partial charge in [0.1, 0.15) is 0 Å². The molecule has 3 aromatic carbocycles. The zero-order chi connectivity index (χ0) is 14.1. The molecular weight excluding hydrogens is 357 g/mol.